The van der Waals surface area contributed by atoms with E-state index in [1.165, 1.54) is 29.6 Å². The molecule has 7 heteroatoms. The van der Waals surface area contributed by atoms with E-state index in [9.17, 15) is 9.18 Å². The third-order valence-corrected chi connectivity index (χ3v) is 2.19. The molecule has 1 amide bonds. The van der Waals surface area contributed by atoms with Crippen molar-refractivity contribution in [3.05, 3.63) is 42.0 Å². The van der Waals surface area contributed by atoms with Crippen LogP contribution in [0.2, 0.25) is 0 Å². The zero-order valence-electron chi connectivity index (χ0n) is 9.09. The predicted octanol–water partition coefficient (Wildman–Crippen LogP) is 0.611. The molecule has 0 bridgehead atoms. The summed E-state index contributed by atoms with van der Waals surface area (Å²) in [6.07, 6.45) is 2.64. The van der Waals surface area contributed by atoms with Crippen molar-refractivity contribution in [3.8, 4) is 0 Å². The molecule has 0 aliphatic carbocycles. The molecule has 0 saturated heterocycles. The first-order valence-corrected chi connectivity index (χ1v) is 4.88. The van der Waals surface area contributed by atoms with Gasteiger partial charge < -0.3 is 4.90 Å². The summed E-state index contributed by atoms with van der Waals surface area (Å²) in [6, 6.07) is 2.90. The topological polar surface area (TPSA) is 74.8 Å². The Bertz CT molecular complexity index is 513. The highest BCUT2D eigenvalue weighted by atomic mass is 19.1. The van der Waals surface area contributed by atoms with E-state index in [2.05, 4.69) is 20.2 Å². The van der Waals surface area contributed by atoms with E-state index >= 15 is 0 Å². The van der Waals surface area contributed by atoms with Crippen molar-refractivity contribution in [2.24, 2.45) is 0 Å². The van der Waals surface area contributed by atoms with Gasteiger partial charge in [-0.15, -0.1) is 0 Å². The van der Waals surface area contributed by atoms with E-state index in [1.807, 2.05) is 0 Å². The van der Waals surface area contributed by atoms with Crippen LogP contribution in [0.4, 0.5) is 4.39 Å². The van der Waals surface area contributed by atoms with Crippen LogP contribution in [0, 0.1) is 5.95 Å². The number of rotatable bonds is 3. The Kier molecular flexibility index (Phi) is 3.08. The molecule has 17 heavy (non-hydrogen) atoms. The van der Waals surface area contributed by atoms with Gasteiger partial charge in [-0.1, -0.05) is 0 Å². The smallest absolute Gasteiger partial charge is 0.258 e. The second kappa shape index (κ2) is 4.69. The van der Waals surface area contributed by atoms with Crippen LogP contribution in [0.15, 0.2) is 24.7 Å². The lowest BCUT2D eigenvalue weighted by Gasteiger charge is -2.15. The van der Waals surface area contributed by atoms with E-state index in [0.717, 1.165) is 0 Å². The normalized spacial score (nSPS) is 10.2. The molecular weight excluding hydrogens is 225 g/mol. The number of nitrogens with one attached hydrogen (secondary N) is 1. The van der Waals surface area contributed by atoms with E-state index in [-0.39, 0.29) is 12.1 Å². The number of pyridine rings is 1. The molecular formula is C10H10FN5O. The summed E-state index contributed by atoms with van der Waals surface area (Å²) in [6.45, 7) is 0.229. The standard InChI is InChI=1S/C10H10FN5O/c1-16(5-8-13-6-14-15-8)10(17)7-3-2-4-12-9(7)11/h2-4,6H,5H2,1H3,(H,13,14,15). The summed E-state index contributed by atoms with van der Waals surface area (Å²) in [5, 5.41) is 6.29. The number of aromatic nitrogens is 4. The van der Waals surface area contributed by atoms with Crippen LogP contribution in [0.5, 0.6) is 0 Å². The summed E-state index contributed by atoms with van der Waals surface area (Å²) in [7, 11) is 1.55. The second-order valence-corrected chi connectivity index (χ2v) is 3.44. The highest BCUT2D eigenvalue weighted by molar-refractivity contribution is 5.93. The van der Waals surface area contributed by atoms with Crippen LogP contribution >= 0.6 is 0 Å². The summed E-state index contributed by atoms with van der Waals surface area (Å²) in [4.78, 5) is 20.5. The Labute approximate surface area is 96.5 Å². The molecule has 2 aromatic rings. The number of halogens is 1. The maximum atomic E-state index is 13.3. The minimum Gasteiger partial charge on any atom is -0.334 e. The van der Waals surface area contributed by atoms with Gasteiger partial charge in [0.2, 0.25) is 5.95 Å². The van der Waals surface area contributed by atoms with Gasteiger partial charge in [-0.2, -0.15) is 9.49 Å². The van der Waals surface area contributed by atoms with Gasteiger partial charge >= 0.3 is 0 Å². The number of amides is 1. The van der Waals surface area contributed by atoms with Gasteiger partial charge in [-0.25, -0.2) is 9.97 Å². The predicted molar refractivity (Wildman–Crippen MR) is 56.4 cm³/mol. The fourth-order valence-corrected chi connectivity index (χ4v) is 1.35. The van der Waals surface area contributed by atoms with Gasteiger partial charge in [0, 0.05) is 13.2 Å². The molecule has 2 aromatic heterocycles. The van der Waals surface area contributed by atoms with Crippen LogP contribution < -0.4 is 0 Å². The molecule has 6 nitrogen and oxygen atoms in total. The van der Waals surface area contributed by atoms with Gasteiger partial charge in [0.15, 0.2) is 0 Å². The maximum absolute atomic E-state index is 13.3. The number of H-pyrrole nitrogens is 1. The lowest BCUT2D eigenvalue weighted by molar-refractivity contribution is 0.0776. The Morgan fingerprint density at radius 2 is 2.35 bits per heavy atom. The summed E-state index contributed by atoms with van der Waals surface area (Å²) < 4.78 is 13.3. The number of hydrogen-bond donors (Lipinski definition) is 1. The van der Waals surface area contributed by atoms with E-state index in [4.69, 9.17) is 0 Å². The SMILES string of the molecule is CN(Cc1ncn[nH]1)C(=O)c1cccnc1F. The van der Waals surface area contributed by atoms with Crippen molar-refractivity contribution in [1.29, 1.82) is 0 Å². The molecule has 0 aliphatic heterocycles. The first-order valence-electron chi connectivity index (χ1n) is 4.88. The van der Waals surface area contributed by atoms with Crippen molar-refractivity contribution >= 4 is 5.91 Å². The summed E-state index contributed by atoms with van der Waals surface area (Å²) >= 11 is 0. The Morgan fingerprint density at radius 1 is 1.53 bits per heavy atom. The van der Waals surface area contributed by atoms with Crippen molar-refractivity contribution in [2.45, 2.75) is 6.54 Å². The minimum absolute atomic E-state index is 0.0606. The largest absolute Gasteiger partial charge is 0.334 e. The molecule has 0 saturated carbocycles. The zero-order valence-corrected chi connectivity index (χ0v) is 9.09. The molecule has 0 fully saturated rings. The molecule has 88 valence electrons. The third kappa shape index (κ3) is 2.44. The number of carbonyl (C=O) groups is 1. The molecule has 0 unspecified atom stereocenters. The fourth-order valence-electron chi connectivity index (χ4n) is 1.35. The van der Waals surface area contributed by atoms with Gasteiger partial charge in [-0.05, 0) is 12.1 Å². The van der Waals surface area contributed by atoms with Crippen molar-refractivity contribution in [1.82, 2.24) is 25.1 Å². The quantitative estimate of drug-likeness (QED) is 0.791. The second-order valence-electron chi connectivity index (χ2n) is 3.44. The van der Waals surface area contributed by atoms with E-state index < -0.39 is 11.9 Å². The van der Waals surface area contributed by atoms with Crippen LogP contribution in [0.25, 0.3) is 0 Å². The number of hydrogen-bond acceptors (Lipinski definition) is 4. The average Bonchev–Trinajstić information content (AvgIpc) is 2.81. The molecule has 1 N–H and O–H groups in total. The Balaban J connectivity index is 2.13. The minimum atomic E-state index is -0.776. The van der Waals surface area contributed by atoms with Crippen molar-refractivity contribution < 1.29 is 9.18 Å². The van der Waals surface area contributed by atoms with E-state index in [0.29, 0.717) is 5.82 Å². The summed E-state index contributed by atoms with van der Waals surface area (Å²) in [5.41, 5.74) is -0.0606. The average molecular weight is 235 g/mol. The molecule has 2 rings (SSSR count). The molecule has 0 atom stereocenters. The Hall–Kier alpha value is -2.31. The van der Waals surface area contributed by atoms with Gasteiger partial charge in [0.25, 0.3) is 5.91 Å². The fraction of sp³-hybridized carbons (Fsp3) is 0.200. The van der Waals surface area contributed by atoms with Gasteiger partial charge in [0.05, 0.1) is 12.1 Å². The van der Waals surface area contributed by atoms with Crippen LogP contribution in [-0.2, 0) is 6.54 Å². The number of aromatic amines is 1. The molecule has 0 radical (unpaired) electrons. The molecule has 2 heterocycles. The first kappa shape index (κ1) is 11.2. The van der Waals surface area contributed by atoms with Crippen LogP contribution in [0.3, 0.4) is 0 Å². The van der Waals surface area contributed by atoms with Crippen LogP contribution in [0.1, 0.15) is 16.2 Å². The van der Waals surface area contributed by atoms with Crippen molar-refractivity contribution in [2.75, 3.05) is 7.05 Å². The van der Waals surface area contributed by atoms with Gasteiger partial charge in [-0.3, -0.25) is 9.89 Å². The number of carbonyl (C=O) groups excluding carboxylic acids is 1. The van der Waals surface area contributed by atoms with Crippen molar-refractivity contribution in [3.63, 3.8) is 0 Å². The van der Waals surface area contributed by atoms with Gasteiger partial charge in [0.1, 0.15) is 12.2 Å². The lowest BCUT2D eigenvalue weighted by atomic mass is 10.2. The monoisotopic (exact) mass is 235 g/mol. The van der Waals surface area contributed by atoms with Crippen LogP contribution in [-0.4, -0.2) is 38.0 Å². The highest BCUT2D eigenvalue weighted by Gasteiger charge is 2.17. The lowest BCUT2D eigenvalue weighted by Crippen LogP contribution is -2.27. The Morgan fingerprint density at radius 3 is 3.00 bits per heavy atom. The molecule has 0 aromatic carbocycles. The maximum Gasteiger partial charge on any atom is 0.258 e. The molecule has 0 spiro atoms. The van der Waals surface area contributed by atoms with E-state index in [1.54, 1.807) is 7.05 Å². The first-order chi connectivity index (χ1) is 8.18. The molecule has 0 aliphatic rings. The zero-order chi connectivity index (χ0) is 12.3. The number of nitrogens with zero attached hydrogens (tertiary/aromatic N) is 4. The highest BCUT2D eigenvalue weighted by Crippen LogP contribution is 2.07. The third-order valence-electron chi connectivity index (χ3n) is 2.19. The summed E-state index contributed by atoms with van der Waals surface area (Å²) in [5.74, 6) is -0.695.